The van der Waals surface area contributed by atoms with Gasteiger partial charge in [-0.3, -0.25) is 9.59 Å². The summed E-state index contributed by atoms with van der Waals surface area (Å²) >= 11 is 0. The summed E-state index contributed by atoms with van der Waals surface area (Å²) in [6, 6.07) is 0. The smallest absolute Gasteiger partial charge is 0.163 e. The van der Waals surface area contributed by atoms with E-state index in [1.165, 1.54) is 12.2 Å². The molecule has 17 heavy (non-hydrogen) atoms. The van der Waals surface area contributed by atoms with Crippen LogP contribution in [0.2, 0.25) is 0 Å². The van der Waals surface area contributed by atoms with Crippen molar-refractivity contribution in [2.24, 2.45) is 0 Å². The van der Waals surface area contributed by atoms with Gasteiger partial charge in [0.05, 0.1) is 6.42 Å². The first-order chi connectivity index (χ1) is 8.20. The van der Waals surface area contributed by atoms with Gasteiger partial charge in [-0.05, 0) is 25.0 Å². The number of allylic oxidation sites excluding steroid dienone is 8. The van der Waals surface area contributed by atoms with Gasteiger partial charge in [0.2, 0.25) is 0 Å². The van der Waals surface area contributed by atoms with Gasteiger partial charge < -0.3 is 0 Å². The van der Waals surface area contributed by atoms with E-state index in [4.69, 9.17) is 0 Å². The molecule has 0 fully saturated rings. The summed E-state index contributed by atoms with van der Waals surface area (Å²) in [7, 11) is 0. The van der Waals surface area contributed by atoms with E-state index in [0.29, 0.717) is 0 Å². The number of carbonyl (C=O) groups excluding carboxylic acids is 2. The molecule has 0 aromatic carbocycles. The largest absolute Gasteiger partial charge is 0.294 e. The van der Waals surface area contributed by atoms with Gasteiger partial charge in [-0.15, -0.1) is 0 Å². The standard InChI is InChI=1S/C15H20O2/c1-3-5-7-9-11-14(16)13-15(17)12-10-8-6-4-2/h5-12H,3-4,13H2,1-2H3. The molecular formula is C15H20O2. The average Bonchev–Trinajstić information content (AvgIpc) is 2.30. The molecule has 0 spiro atoms. The highest BCUT2D eigenvalue weighted by molar-refractivity contribution is 6.08. The maximum absolute atomic E-state index is 11.3. The Bertz CT molecular complexity index is 310. The van der Waals surface area contributed by atoms with Crippen LogP contribution in [0, 0.1) is 0 Å². The summed E-state index contributed by atoms with van der Waals surface area (Å²) in [5.74, 6) is -0.334. The molecule has 0 saturated heterocycles. The minimum Gasteiger partial charge on any atom is -0.294 e. The minimum atomic E-state index is -0.167. The third-order valence-corrected chi connectivity index (χ3v) is 1.88. The van der Waals surface area contributed by atoms with Crippen molar-refractivity contribution in [1.82, 2.24) is 0 Å². The molecule has 0 unspecified atom stereocenters. The molecule has 0 heterocycles. The zero-order valence-electron chi connectivity index (χ0n) is 10.6. The van der Waals surface area contributed by atoms with E-state index >= 15 is 0 Å². The predicted octanol–water partition coefficient (Wildman–Crippen LogP) is 3.56. The highest BCUT2D eigenvalue weighted by Crippen LogP contribution is 1.92. The van der Waals surface area contributed by atoms with Crippen molar-refractivity contribution < 1.29 is 9.59 Å². The van der Waals surface area contributed by atoms with Gasteiger partial charge in [-0.1, -0.05) is 50.3 Å². The molecule has 0 aliphatic rings. The molecule has 0 bridgehead atoms. The van der Waals surface area contributed by atoms with Gasteiger partial charge in [0.25, 0.3) is 0 Å². The van der Waals surface area contributed by atoms with Crippen molar-refractivity contribution in [3.8, 4) is 0 Å². The monoisotopic (exact) mass is 232 g/mol. The number of hydrogen-bond donors (Lipinski definition) is 0. The van der Waals surface area contributed by atoms with Crippen molar-refractivity contribution in [3.63, 3.8) is 0 Å². The molecule has 0 aliphatic carbocycles. The Morgan fingerprint density at radius 1 is 0.765 bits per heavy atom. The first-order valence-electron chi connectivity index (χ1n) is 5.92. The Hall–Kier alpha value is -1.70. The second-order valence-corrected chi connectivity index (χ2v) is 3.50. The van der Waals surface area contributed by atoms with Crippen molar-refractivity contribution in [2.75, 3.05) is 0 Å². The maximum atomic E-state index is 11.3. The number of hydrogen-bond acceptors (Lipinski definition) is 2. The van der Waals surface area contributed by atoms with Crippen LogP contribution in [0.4, 0.5) is 0 Å². The summed E-state index contributed by atoms with van der Waals surface area (Å²) in [6.45, 7) is 4.04. The van der Waals surface area contributed by atoms with Gasteiger partial charge in [-0.2, -0.15) is 0 Å². The van der Waals surface area contributed by atoms with Crippen LogP contribution < -0.4 is 0 Å². The summed E-state index contributed by atoms with van der Waals surface area (Å²) in [4.78, 5) is 22.6. The highest BCUT2D eigenvalue weighted by Gasteiger charge is 2.01. The second kappa shape index (κ2) is 10.8. The third kappa shape index (κ3) is 10.6. The van der Waals surface area contributed by atoms with Crippen molar-refractivity contribution in [2.45, 2.75) is 33.1 Å². The molecule has 2 nitrogen and oxygen atoms in total. The van der Waals surface area contributed by atoms with Crippen molar-refractivity contribution in [1.29, 1.82) is 0 Å². The summed E-state index contributed by atoms with van der Waals surface area (Å²) in [5.41, 5.74) is 0. The predicted molar refractivity (Wildman–Crippen MR) is 71.8 cm³/mol. The van der Waals surface area contributed by atoms with E-state index in [2.05, 4.69) is 0 Å². The molecule has 0 atom stereocenters. The van der Waals surface area contributed by atoms with E-state index in [1.807, 2.05) is 38.2 Å². The first kappa shape index (κ1) is 15.3. The van der Waals surface area contributed by atoms with E-state index in [0.717, 1.165) is 12.8 Å². The Morgan fingerprint density at radius 2 is 1.18 bits per heavy atom. The molecule has 0 aromatic heterocycles. The quantitative estimate of drug-likeness (QED) is 0.364. The summed E-state index contributed by atoms with van der Waals surface area (Å²) in [5, 5.41) is 0. The first-order valence-corrected chi connectivity index (χ1v) is 5.92. The Kier molecular flexibility index (Phi) is 9.73. The van der Waals surface area contributed by atoms with E-state index < -0.39 is 0 Å². The van der Waals surface area contributed by atoms with Crippen LogP contribution in [0.25, 0.3) is 0 Å². The van der Waals surface area contributed by atoms with Crippen LogP contribution in [0.3, 0.4) is 0 Å². The summed E-state index contributed by atoms with van der Waals surface area (Å²) < 4.78 is 0. The van der Waals surface area contributed by atoms with E-state index in [1.54, 1.807) is 12.2 Å². The van der Waals surface area contributed by atoms with Crippen molar-refractivity contribution >= 4 is 11.6 Å². The van der Waals surface area contributed by atoms with Gasteiger partial charge in [-0.25, -0.2) is 0 Å². The Balaban J connectivity index is 4.00. The average molecular weight is 232 g/mol. The fourth-order valence-electron chi connectivity index (χ4n) is 1.04. The zero-order chi connectivity index (χ0) is 12.9. The van der Waals surface area contributed by atoms with Crippen LogP contribution in [-0.4, -0.2) is 11.6 Å². The second-order valence-electron chi connectivity index (χ2n) is 3.50. The van der Waals surface area contributed by atoms with Gasteiger partial charge >= 0.3 is 0 Å². The van der Waals surface area contributed by atoms with Gasteiger partial charge in [0, 0.05) is 0 Å². The SMILES string of the molecule is CCC=CC=CC(=O)CC(=O)C=CC=CCC. The summed E-state index contributed by atoms with van der Waals surface area (Å²) in [6.07, 6.45) is 15.5. The molecule has 92 valence electrons. The Morgan fingerprint density at radius 3 is 1.53 bits per heavy atom. The van der Waals surface area contributed by atoms with Crippen LogP contribution in [0.5, 0.6) is 0 Å². The Labute approximate surface area is 103 Å². The lowest BCUT2D eigenvalue weighted by Crippen LogP contribution is -2.01. The van der Waals surface area contributed by atoms with Gasteiger partial charge in [0.15, 0.2) is 11.6 Å². The number of ketones is 2. The van der Waals surface area contributed by atoms with Crippen LogP contribution in [-0.2, 0) is 9.59 Å². The lowest BCUT2D eigenvalue weighted by Gasteiger charge is -1.88. The fraction of sp³-hybridized carbons (Fsp3) is 0.333. The molecule has 0 rings (SSSR count). The maximum Gasteiger partial charge on any atom is 0.163 e. The minimum absolute atomic E-state index is 0.0626. The fourth-order valence-corrected chi connectivity index (χ4v) is 1.04. The van der Waals surface area contributed by atoms with Crippen LogP contribution in [0.15, 0.2) is 48.6 Å². The lowest BCUT2D eigenvalue weighted by atomic mass is 10.2. The highest BCUT2D eigenvalue weighted by atomic mass is 16.1. The molecule has 0 aliphatic heterocycles. The van der Waals surface area contributed by atoms with E-state index in [9.17, 15) is 9.59 Å². The third-order valence-electron chi connectivity index (χ3n) is 1.88. The number of carbonyl (C=O) groups is 2. The number of rotatable bonds is 8. The molecule has 0 amide bonds. The topological polar surface area (TPSA) is 34.1 Å². The van der Waals surface area contributed by atoms with Crippen LogP contribution in [0.1, 0.15) is 33.1 Å². The van der Waals surface area contributed by atoms with E-state index in [-0.39, 0.29) is 18.0 Å². The molecule has 0 N–H and O–H groups in total. The molecule has 0 radical (unpaired) electrons. The zero-order valence-corrected chi connectivity index (χ0v) is 10.6. The van der Waals surface area contributed by atoms with Crippen molar-refractivity contribution in [3.05, 3.63) is 48.6 Å². The molecule has 0 saturated carbocycles. The molecule has 2 heteroatoms. The molecule has 0 aromatic rings. The molecular weight excluding hydrogens is 212 g/mol. The lowest BCUT2D eigenvalue weighted by molar-refractivity contribution is -0.121. The van der Waals surface area contributed by atoms with Crippen LogP contribution >= 0.6 is 0 Å². The van der Waals surface area contributed by atoms with Gasteiger partial charge in [0.1, 0.15) is 0 Å². The normalized spacial score (nSPS) is 12.4.